The first-order valence-electron chi connectivity index (χ1n) is 6.49. The smallest absolute Gasteiger partial charge is 0.0726 e. The molecule has 0 bridgehead atoms. The molecule has 2 rings (SSSR count). The van der Waals surface area contributed by atoms with Gasteiger partial charge in [-0.3, -0.25) is 0 Å². The molecule has 1 fully saturated rings. The maximum Gasteiger partial charge on any atom is 0.0726 e. The number of nitrogens with two attached hydrogens (primary N) is 1. The molecule has 2 atom stereocenters. The number of hydrogen-bond acceptors (Lipinski definition) is 3. The number of hydrogen-bond donors (Lipinski definition) is 1. The van der Waals surface area contributed by atoms with E-state index in [1.807, 2.05) is 12.1 Å². The molecule has 1 aliphatic heterocycles. The lowest BCUT2D eigenvalue weighted by molar-refractivity contribution is -0.00525. The van der Waals surface area contributed by atoms with Gasteiger partial charge in [0, 0.05) is 23.8 Å². The van der Waals surface area contributed by atoms with Crippen molar-refractivity contribution >= 4 is 17.3 Å². The van der Waals surface area contributed by atoms with Gasteiger partial charge < -0.3 is 15.4 Å². The SMILES string of the molecule is CC1CN(c2cccc(Cl)c2CCN)CC(C)O1. The number of morpholine rings is 1. The van der Waals surface area contributed by atoms with Crippen molar-refractivity contribution < 1.29 is 4.74 Å². The summed E-state index contributed by atoms with van der Waals surface area (Å²) in [6.45, 7) is 6.64. The van der Waals surface area contributed by atoms with Gasteiger partial charge in [0.05, 0.1) is 12.2 Å². The third kappa shape index (κ3) is 2.97. The van der Waals surface area contributed by atoms with Gasteiger partial charge in [-0.1, -0.05) is 17.7 Å². The molecule has 1 aliphatic rings. The summed E-state index contributed by atoms with van der Waals surface area (Å²) in [4.78, 5) is 2.36. The summed E-state index contributed by atoms with van der Waals surface area (Å²) >= 11 is 6.29. The number of rotatable bonds is 3. The molecule has 0 saturated carbocycles. The lowest BCUT2D eigenvalue weighted by atomic mass is 10.1. The van der Waals surface area contributed by atoms with Crippen LogP contribution < -0.4 is 10.6 Å². The Morgan fingerprint density at radius 1 is 1.33 bits per heavy atom. The Kier molecular flexibility index (Phi) is 4.49. The number of nitrogens with zero attached hydrogens (tertiary/aromatic N) is 1. The lowest BCUT2D eigenvalue weighted by Crippen LogP contribution is -2.45. The zero-order valence-electron chi connectivity index (χ0n) is 11.0. The van der Waals surface area contributed by atoms with Crippen LogP contribution in [0.3, 0.4) is 0 Å². The average molecular weight is 269 g/mol. The summed E-state index contributed by atoms with van der Waals surface area (Å²) in [7, 11) is 0. The van der Waals surface area contributed by atoms with E-state index in [1.165, 1.54) is 5.69 Å². The number of halogens is 1. The summed E-state index contributed by atoms with van der Waals surface area (Å²) in [6, 6.07) is 6.06. The fourth-order valence-corrected chi connectivity index (χ4v) is 2.87. The second kappa shape index (κ2) is 5.91. The van der Waals surface area contributed by atoms with E-state index in [9.17, 15) is 0 Å². The minimum absolute atomic E-state index is 0.249. The molecule has 3 nitrogen and oxygen atoms in total. The maximum atomic E-state index is 6.29. The minimum Gasteiger partial charge on any atom is -0.372 e. The van der Waals surface area contributed by atoms with Gasteiger partial charge >= 0.3 is 0 Å². The van der Waals surface area contributed by atoms with Crippen LogP contribution in [0.15, 0.2) is 18.2 Å². The van der Waals surface area contributed by atoms with E-state index in [0.29, 0.717) is 6.54 Å². The number of anilines is 1. The molecule has 0 radical (unpaired) electrons. The Hall–Kier alpha value is -0.770. The largest absolute Gasteiger partial charge is 0.372 e. The van der Waals surface area contributed by atoms with Gasteiger partial charge in [-0.2, -0.15) is 0 Å². The van der Waals surface area contributed by atoms with Crippen LogP contribution in [0, 0.1) is 0 Å². The number of ether oxygens (including phenoxy) is 1. The van der Waals surface area contributed by atoms with Crippen LogP contribution in [-0.4, -0.2) is 31.8 Å². The summed E-state index contributed by atoms with van der Waals surface area (Å²) < 4.78 is 5.77. The molecule has 0 spiro atoms. The Bertz CT molecular complexity index is 401. The minimum atomic E-state index is 0.249. The first-order valence-corrected chi connectivity index (χ1v) is 6.87. The first-order chi connectivity index (χ1) is 8.61. The fourth-order valence-electron chi connectivity index (χ4n) is 2.61. The van der Waals surface area contributed by atoms with Crippen LogP contribution in [0.25, 0.3) is 0 Å². The van der Waals surface area contributed by atoms with Crippen molar-refractivity contribution in [1.82, 2.24) is 0 Å². The summed E-state index contributed by atoms with van der Waals surface area (Å²) in [5, 5.41) is 0.810. The van der Waals surface area contributed by atoms with Crippen molar-refractivity contribution in [3.8, 4) is 0 Å². The van der Waals surface area contributed by atoms with Gasteiger partial charge in [0.15, 0.2) is 0 Å². The molecule has 2 N–H and O–H groups in total. The molecular weight excluding hydrogens is 248 g/mol. The van der Waals surface area contributed by atoms with E-state index in [4.69, 9.17) is 22.1 Å². The lowest BCUT2D eigenvalue weighted by Gasteiger charge is -2.38. The molecule has 1 saturated heterocycles. The highest BCUT2D eigenvalue weighted by Crippen LogP contribution is 2.30. The predicted molar refractivity (Wildman–Crippen MR) is 76.4 cm³/mol. The molecule has 100 valence electrons. The topological polar surface area (TPSA) is 38.5 Å². The van der Waals surface area contributed by atoms with Crippen molar-refractivity contribution in [3.05, 3.63) is 28.8 Å². The van der Waals surface area contributed by atoms with Crippen molar-refractivity contribution in [1.29, 1.82) is 0 Å². The van der Waals surface area contributed by atoms with E-state index >= 15 is 0 Å². The van der Waals surface area contributed by atoms with E-state index in [2.05, 4.69) is 24.8 Å². The summed E-state index contributed by atoms with van der Waals surface area (Å²) in [5.41, 5.74) is 8.04. The van der Waals surface area contributed by atoms with E-state index in [-0.39, 0.29) is 12.2 Å². The Balaban J connectivity index is 2.29. The van der Waals surface area contributed by atoms with Crippen molar-refractivity contribution in [2.45, 2.75) is 32.5 Å². The first kappa shape index (κ1) is 13.7. The van der Waals surface area contributed by atoms with Crippen LogP contribution >= 0.6 is 11.6 Å². The molecule has 4 heteroatoms. The maximum absolute atomic E-state index is 6.29. The molecule has 1 aromatic carbocycles. The predicted octanol–water partition coefficient (Wildman–Crippen LogP) is 2.45. The van der Waals surface area contributed by atoms with Crippen molar-refractivity contribution in [3.63, 3.8) is 0 Å². The van der Waals surface area contributed by atoms with Crippen LogP contribution in [0.2, 0.25) is 5.02 Å². The molecule has 18 heavy (non-hydrogen) atoms. The standard InChI is InChI=1S/C14H21ClN2O/c1-10-8-17(9-11(2)18-10)14-5-3-4-13(15)12(14)6-7-16/h3-5,10-11H,6-9,16H2,1-2H3. The van der Waals surface area contributed by atoms with Gasteiger partial charge in [-0.05, 0) is 44.5 Å². The van der Waals surface area contributed by atoms with Gasteiger partial charge in [0.1, 0.15) is 0 Å². The van der Waals surface area contributed by atoms with E-state index in [1.54, 1.807) is 0 Å². The average Bonchev–Trinajstić information content (AvgIpc) is 2.30. The molecule has 0 amide bonds. The van der Waals surface area contributed by atoms with Gasteiger partial charge in [-0.25, -0.2) is 0 Å². The third-order valence-corrected chi connectivity index (χ3v) is 3.60. The fraction of sp³-hybridized carbons (Fsp3) is 0.571. The molecule has 2 unspecified atom stereocenters. The zero-order chi connectivity index (χ0) is 13.1. The summed E-state index contributed by atoms with van der Waals surface area (Å²) in [5.74, 6) is 0. The number of benzene rings is 1. The highest BCUT2D eigenvalue weighted by molar-refractivity contribution is 6.31. The Morgan fingerprint density at radius 3 is 2.61 bits per heavy atom. The monoisotopic (exact) mass is 268 g/mol. The molecule has 1 aromatic rings. The van der Waals surface area contributed by atoms with Crippen LogP contribution in [0.1, 0.15) is 19.4 Å². The van der Waals surface area contributed by atoms with Crippen LogP contribution in [0.5, 0.6) is 0 Å². The highest BCUT2D eigenvalue weighted by Gasteiger charge is 2.24. The second-order valence-corrected chi connectivity index (χ2v) is 5.35. The summed E-state index contributed by atoms with van der Waals surface area (Å²) in [6.07, 6.45) is 1.31. The highest BCUT2D eigenvalue weighted by atomic mass is 35.5. The quantitative estimate of drug-likeness (QED) is 0.915. The van der Waals surface area contributed by atoms with Gasteiger partial charge in [-0.15, -0.1) is 0 Å². The normalized spacial score (nSPS) is 24.3. The van der Waals surface area contributed by atoms with Gasteiger partial charge in [0.25, 0.3) is 0 Å². The van der Waals surface area contributed by atoms with Gasteiger partial charge in [0.2, 0.25) is 0 Å². The Labute approximate surface area is 114 Å². The van der Waals surface area contributed by atoms with E-state index < -0.39 is 0 Å². The molecule has 0 aliphatic carbocycles. The second-order valence-electron chi connectivity index (χ2n) is 4.94. The van der Waals surface area contributed by atoms with E-state index in [0.717, 1.165) is 30.1 Å². The zero-order valence-corrected chi connectivity index (χ0v) is 11.8. The Morgan fingerprint density at radius 2 is 2.00 bits per heavy atom. The molecular formula is C14H21ClN2O. The van der Waals surface area contributed by atoms with Crippen molar-refractivity contribution in [2.24, 2.45) is 5.73 Å². The van der Waals surface area contributed by atoms with Crippen LogP contribution in [-0.2, 0) is 11.2 Å². The third-order valence-electron chi connectivity index (χ3n) is 3.25. The van der Waals surface area contributed by atoms with Crippen LogP contribution in [0.4, 0.5) is 5.69 Å². The molecule has 1 heterocycles. The molecule has 0 aromatic heterocycles. The van der Waals surface area contributed by atoms with Crippen molar-refractivity contribution in [2.75, 3.05) is 24.5 Å².